The van der Waals surface area contributed by atoms with Crippen molar-refractivity contribution in [2.45, 2.75) is 44.1 Å². The number of aliphatic hydroxyl groups excluding tert-OH is 1. The van der Waals surface area contributed by atoms with Crippen molar-refractivity contribution in [1.82, 2.24) is 4.31 Å². The van der Waals surface area contributed by atoms with Gasteiger partial charge in [-0.1, -0.05) is 6.07 Å². The lowest BCUT2D eigenvalue weighted by Crippen LogP contribution is -2.39. The molecule has 0 bridgehead atoms. The average molecular weight is 370 g/mol. The number of ether oxygens (including phenoxy) is 1. The molecule has 140 valence electrons. The maximum atomic E-state index is 12.8. The van der Waals surface area contributed by atoms with Crippen molar-refractivity contribution in [3.05, 3.63) is 24.3 Å². The molecule has 1 aromatic rings. The predicted octanol–water partition coefficient (Wildman–Crippen LogP) is 2.43. The summed E-state index contributed by atoms with van der Waals surface area (Å²) >= 11 is 0. The van der Waals surface area contributed by atoms with E-state index in [-0.39, 0.29) is 17.4 Å². The molecule has 0 unspecified atom stereocenters. The van der Waals surface area contributed by atoms with Crippen LogP contribution in [0.2, 0.25) is 0 Å². The first-order chi connectivity index (χ1) is 11.6. The van der Waals surface area contributed by atoms with E-state index in [0.29, 0.717) is 31.6 Å². The van der Waals surface area contributed by atoms with E-state index in [1.165, 1.54) is 16.4 Å². The second-order valence-electron chi connectivity index (χ2n) is 7.18. The summed E-state index contributed by atoms with van der Waals surface area (Å²) in [6, 6.07) is 6.13. The Morgan fingerprint density at radius 3 is 2.52 bits per heavy atom. The highest BCUT2D eigenvalue weighted by atomic mass is 32.2. The summed E-state index contributed by atoms with van der Waals surface area (Å²) in [6.07, 6.45) is 0.655. The van der Waals surface area contributed by atoms with Gasteiger partial charge in [-0.2, -0.15) is 4.31 Å². The molecule has 0 spiro atoms. The van der Waals surface area contributed by atoms with Crippen LogP contribution in [0, 0.1) is 5.92 Å². The molecule has 0 aliphatic carbocycles. The molecule has 1 amide bonds. The number of carbonyl (C=O) groups excluding carboxylic acids is 1. The zero-order valence-corrected chi connectivity index (χ0v) is 15.7. The Morgan fingerprint density at radius 2 is 1.96 bits per heavy atom. The van der Waals surface area contributed by atoms with Gasteiger partial charge in [-0.05, 0) is 57.7 Å². The fourth-order valence-electron chi connectivity index (χ4n) is 2.64. The number of aliphatic hydroxyl groups is 1. The number of rotatable bonds is 4. The van der Waals surface area contributed by atoms with E-state index in [2.05, 4.69) is 5.32 Å². The zero-order valence-electron chi connectivity index (χ0n) is 14.9. The van der Waals surface area contributed by atoms with Gasteiger partial charge in [-0.25, -0.2) is 13.2 Å². The Kier molecular flexibility index (Phi) is 6.08. The summed E-state index contributed by atoms with van der Waals surface area (Å²) in [6.45, 7) is 6.12. The molecule has 8 heteroatoms. The van der Waals surface area contributed by atoms with Crippen LogP contribution in [-0.2, 0) is 14.8 Å². The fourth-order valence-corrected chi connectivity index (χ4v) is 4.15. The fraction of sp³-hybridized carbons (Fsp3) is 0.588. The smallest absolute Gasteiger partial charge is 0.412 e. The van der Waals surface area contributed by atoms with Gasteiger partial charge >= 0.3 is 6.09 Å². The van der Waals surface area contributed by atoms with E-state index in [4.69, 9.17) is 4.74 Å². The molecule has 1 heterocycles. The third-order valence-corrected chi connectivity index (χ3v) is 5.84. The third-order valence-electron chi connectivity index (χ3n) is 3.95. The minimum Gasteiger partial charge on any atom is -0.444 e. The molecule has 1 fully saturated rings. The van der Waals surface area contributed by atoms with Crippen molar-refractivity contribution < 1.29 is 23.1 Å². The van der Waals surface area contributed by atoms with Crippen molar-refractivity contribution in [2.75, 3.05) is 25.0 Å². The quantitative estimate of drug-likeness (QED) is 0.849. The number of benzene rings is 1. The Hall–Kier alpha value is -1.64. The first-order valence-electron chi connectivity index (χ1n) is 8.33. The molecule has 0 aromatic heterocycles. The molecular weight excluding hydrogens is 344 g/mol. The molecule has 25 heavy (non-hydrogen) atoms. The van der Waals surface area contributed by atoms with E-state index in [9.17, 15) is 18.3 Å². The monoisotopic (exact) mass is 370 g/mol. The standard InChI is InChI=1S/C17H26N2O5S/c1-17(2,3)24-16(21)18-14-5-4-6-15(11-14)25(22,23)19-9-7-13(12-20)8-10-19/h4-6,11,13,20H,7-10,12H2,1-3H3,(H,18,21). The Morgan fingerprint density at radius 1 is 1.32 bits per heavy atom. The van der Waals surface area contributed by atoms with Crippen LogP contribution in [0.3, 0.4) is 0 Å². The number of sulfonamides is 1. The lowest BCUT2D eigenvalue weighted by molar-refractivity contribution is 0.0636. The molecule has 0 atom stereocenters. The van der Waals surface area contributed by atoms with Crippen molar-refractivity contribution in [3.8, 4) is 0 Å². The molecule has 2 N–H and O–H groups in total. The summed E-state index contributed by atoms with van der Waals surface area (Å²) in [7, 11) is -3.63. The highest BCUT2D eigenvalue weighted by molar-refractivity contribution is 7.89. The van der Waals surface area contributed by atoms with Gasteiger partial charge in [-0.15, -0.1) is 0 Å². The van der Waals surface area contributed by atoms with E-state index in [0.717, 1.165) is 0 Å². The van der Waals surface area contributed by atoms with E-state index in [1.807, 2.05) is 0 Å². The molecule has 0 saturated carbocycles. The Balaban J connectivity index is 2.11. The number of amides is 1. The van der Waals surface area contributed by atoms with Crippen LogP contribution in [0.15, 0.2) is 29.2 Å². The molecule has 1 saturated heterocycles. The number of nitrogens with zero attached hydrogens (tertiary/aromatic N) is 1. The number of anilines is 1. The first-order valence-corrected chi connectivity index (χ1v) is 9.77. The molecule has 7 nitrogen and oxygen atoms in total. The van der Waals surface area contributed by atoms with E-state index >= 15 is 0 Å². The summed E-state index contributed by atoms with van der Waals surface area (Å²) in [5.74, 6) is 0.159. The minimum absolute atomic E-state index is 0.0865. The van der Waals surface area contributed by atoms with Gasteiger partial charge in [0.15, 0.2) is 0 Å². The normalized spacial score (nSPS) is 17.3. The number of nitrogens with one attached hydrogen (secondary N) is 1. The van der Waals surface area contributed by atoms with Gasteiger partial charge in [0, 0.05) is 25.4 Å². The van der Waals surface area contributed by atoms with Crippen LogP contribution in [-0.4, -0.2) is 49.2 Å². The molecule has 0 radical (unpaired) electrons. The maximum Gasteiger partial charge on any atom is 0.412 e. The third kappa shape index (κ3) is 5.42. The second kappa shape index (κ2) is 7.72. The molecule has 1 aliphatic heterocycles. The number of hydrogen-bond acceptors (Lipinski definition) is 5. The van der Waals surface area contributed by atoms with Gasteiger partial charge in [0.2, 0.25) is 10.0 Å². The van der Waals surface area contributed by atoms with E-state index < -0.39 is 21.7 Å². The Bertz CT molecular complexity index is 704. The highest BCUT2D eigenvalue weighted by Gasteiger charge is 2.29. The van der Waals surface area contributed by atoms with Gasteiger partial charge < -0.3 is 9.84 Å². The molecular formula is C17H26N2O5S. The van der Waals surface area contributed by atoms with Crippen LogP contribution in [0.1, 0.15) is 33.6 Å². The average Bonchev–Trinajstić information content (AvgIpc) is 2.53. The summed E-state index contributed by atoms with van der Waals surface area (Å²) in [5, 5.41) is 11.7. The Labute approximate surface area is 149 Å². The predicted molar refractivity (Wildman–Crippen MR) is 94.9 cm³/mol. The van der Waals surface area contributed by atoms with Crippen LogP contribution in [0.5, 0.6) is 0 Å². The summed E-state index contributed by atoms with van der Waals surface area (Å²) < 4.78 is 32.1. The van der Waals surface area contributed by atoms with Crippen molar-refractivity contribution in [1.29, 1.82) is 0 Å². The molecule has 1 aromatic carbocycles. The van der Waals surface area contributed by atoms with Gasteiger partial charge in [0.25, 0.3) is 0 Å². The van der Waals surface area contributed by atoms with Crippen LogP contribution in [0.25, 0.3) is 0 Å². The number of hydrogen-bond donors (Lipinski definition) is 2. The van der Waals surface area contributed by atoms with Crippen LogP contribution in [0.4, 0.5) is 10.5 Å². The largest absolute Gasteiger partial charge is 0.444 e. The van der Waals surface area contributed by atoms with Gasteiger partial charge in [0.1, 0.15) is 5.60 Å². The summed E-state index contributed by atoms with van der Waals surface area (Å²) in [5.41, 5.74) is -0.272. The minimum atomic E-state index is -3.63. The number of piperidine rings is 1. The second-order valence-corrected chi connectivity index (χ2v) is 9.12. The maximum absolute atomic E-state index is 12.8. The summed E-state index contributed by atoms with van der Waals surface area (Å²) in [4.78, 5) is 12.0. The zero-order chi connectivity index (χ0) is 18.7. The van der Waals surface area contributed by atoms with Crippen LogP contribution < -0.4 is 5.32 Å². The van der Waals surface area contributed by atoms with Gasteiger partial charge in [0.05, 0.1) is 4.90 Å². The lowest BCUT2D eigenvalue weighted by Gasteiger charge is -2.30. The SMILES string of the molecule is CC(C)(C)OC(=O)Nc1cccc(S(=O)(=O)N2CCC(CO)CC2)c1. The number of carbonyl (C=O) groups is 1. The van der Waals surface area contributed by atoms with Crippen LogP contribution >= 0.6 is 0 Å². The molecule has 2 rings (SSSR count). The topological polar surface area (TPSA) is 95.9 Å². The lowest BCUT2D eigenvalue weighted by atomic mass is 10.00. The van der Waals surface area contributed by atoms with Crippen molar-refractivity contribution in [2.24, 2.45) is 5.92 Å². The van der Waals surface area contributed by atoms with Gasteiger partial charge in [-0.3, -0.25) is 5.32 Å². The van der Waals surface area contributed by atoms with Crippen molar-refractivity contribution in [3.63, 3.8) is 0 Å². The van der Waals surface area contributed by atoms with E-state index in [1.54, 1.807) is 32.9 Å². The highest BCUT2D eigenvalue weighted by Crippen LogP contribution is 2.25. The first kappa shape index (κ1) is 19.7. The molecule has 1 aliphatic rings. The van der Waals surface area contributed by atoms with Crippen molar-refractivity contribution >= 4 is 21.8 Å².